The van der Waals surface area contributed by atoms with Crippen LogP contribution in [0.2, 0.25) is 0 Å². The molecule has 0 fully saturated rings. The first-order valence-corrected chi connectivity index (χ1v) is 15.2. The highest BCUT2D eigenvalue weighted by Crippen LogP contribution is 2.40. The Kier molecular flexibility index (Phi) is 6.59. The minimum Gasteiger partial charge on any atom is -0.0616 e. The van der Waals surface area contributed by atoms with Gasteiger partial charge >= 0.3 is 0 Å². The third-order valence-electron chi connectivity index (χ3n) is 8.63. The first kappa shape index (κ1) is 25.9. The molecule has 206 valence electrons. The van der Waals surface area contributed by atoms with Gasteiger partial charge in [0.05, 0.1) is 0 Å². The van der Waals surface area contributed by atoms with Crippen molar-refractivity contribution in [2.75, 3.05) is 0 Å². The number of fused-ring (bicyclic) bond motifs is 4. The van der Waals surface area contributed by atoms with E-state index in [0.717, 1.165) is 0 Å². The van der Waals surface area contributed by atoms with Crippen LogP contribution in [0.4, 0.5) is 0 Å². The van der Waals surface area contributed by atoms with E-state index in [1.807, 2.05) is 0 Å². The second-order valence-corrected chi connectivity index (χ2v) is 11.4. The standard InChI is InChI=1S/C44H30/c1-3-13-39-29-31(17-21-33(39)9-1)19-23-37-27-25-35-11-5-7-15-41(35)43(37)44-38(28-26-36-12-6-8-16-42(36)44)24-20-32-18-22-34-10-2-4-14-40(34)30-32/h1-30H/b23-19+,24-20+. The smallest absolute Gasteiger partial charge is 0.00206 e. The maximum Gasteiger partial charge on any atom is -0.00206 e. The summed E-state index contributed by atoms with van der Waals surface area (Å²) in [5.74, 6) is 0. The van der Waals surface area contributed by atoms with Gasteiger partial charge in [0.2, 0.25) is 0 Å². The molecule has 0 aromatic heterocycles. The molecule has 0 unspecified atom stereocenters. The van der Waals surface area contributed by atoms with Gasteiger partial charge in [0.1, 0.15) is 0 Å². The Hall–Kier alpha value is -5.72. The van der Waals surface area contributed by atoms with Crippen LogP contribution in [-0.4, -0.2) is 0 Å². The fourth-order valence-electron chi connectivity index (χ4n) is 6.41. The van der Waals surface area contributed by atoms with Crippen molar-refractivity contribution in [1.29, 1.82) is 0 Å². The molecule has 0 atom stereocenters. The van der Waals surface area contributed by atoms with Crippen LogP contribution in [0, 0.1) is 0 Å². The minimum absolute atomic E-state index is 1.19. The van der Waals surface area contributed by atoms with Crippen LogP contribution in [0.15, 0.2) is 158 Å². The summed E-state index contributed by atoms with van der Waals surface area (Å²) < 4.78 is 0. The summed E-state index contributed by atoms with van der Waals surface area (Å²) in [6.07, 6.45) is 9.06. The van der Waals surface area contributed by atoms with Gasteiger partial charge in [0.25, 0.3) is 0 Å². The summed E-state index contributed by atoms with van der Waals surface area (Å²) in [6, 6.07) is 57.0. The van der Waals surface area contributed by atoms with Crippen LogP contribution in [0.3, 0.4) is 0 Å². The topological polar surface area (TPSA) is 0 Å². The summed E-state index contributed by atoms with van der Waals surface area (Å²) in [5.41, 5.74) is 7.31. The van der Waals surface area contributed by atoms with Crippen LogP contribution in [0.25, 0.3) is 78.5 Å². The summed E-state index contributed by atoms with van der Waals surface area (Å²) in [6.45, 7) is 0. The molecule has 0 amide bonds. The van der Waals surface area contributed by atoms with E-state index in [9.17, 15) is 0 Å². The lowest BCUT2D eigenvalue weighted by Crippen LogP contribution is -1.92. The zero-order valence-electron chi connectivity index (χ0n) is 24.3. The molecule has 8 aromatic rings. The van der Waals surface area contributed by atoms with Crippen LogP contribution in [-0.2, 0) is 0 Å². The average Bonchev–Trinajstić information content (AvgIpc) is 3.09. The molecule has 8 rings (SSSR count). The molecule has 0 heteroatoms. The molecule has 0 bridgehead atoms. The first-order valence-electron chi connectivity index (χ1n) is 15.2. The van der Waals surface area contributed by atoms with Crippen molar-refractivity contribution in [3.63, 3.8) is 0 Å². The quantitative estimate of drug-likeness (QED) is 0.184. The second kappa shape index (κ2) is 11.2. The lowest BCUT2D eigenvalue weighted by atomic mass is 9.86. The highest BCUT2D eigenvalue weighted by Gasteiger charge is 2.15. The molecular formula is C44H30. The molecule has 44 heavy (non-hydrogen) atoms. The van der Waals surface area contributed by atoms with Crippen molar-refractivity contribution in [2.45, 2.75) is 0 Å². The Labute approximate surface area is 257 Å². The number of rotatable bonds is 5. The van der Waals surface area contributed by atoms with Gasteiger partial charge in [-0.3, -0.25) is 0 Å². The zero-order chi connectivity index (χ0) is 29.3. The number of benzene rings is 8. The maximum absolute atomic E-state index is 2.28. The third-order valence-corrected chi connectivity index (χ3v) is 8.63. The lowest BCUT2D eigenvalue weighted by Gasteiger charge is -2.17. The van der Waals surface area contributed by atoms with E-state index in [2.05, 4.69) is 182 Å². The molecule has 8 aromatic carbocycles. The van der Waals surface area contributed by atoms with Crippen molar-refractivity contribution in [1.82, 2.24) is 0 Å². The van der Waals surface area contributed by atoms with E-state index in [1.165, 1.54) is 76.5 Å². The van der Waals surface area contributed by atoms with Gasteiger partial charge < -0.3 is 0 Å². The van der Waals surface area contributed by atoms with Gasteiger partial charge in [-0.2, -0.15) is 0 Å². The Balaban J connectivity index is 1.33. The van der Waals surface area contributed by atoms with Crippen LogP contribution in [0.1, 0.15) is 22.3 Å². The Bertz CT molecular complexity index is 2210. The third kappa shape index (κ3) is 4.87. The maximum atomic E-state index is 2.28. The monoisotopic (exact) mass is 558 g/mol. The highest BCUT2D eigenvalue weighted by atomic mass is 14.2. The average molecular weight is 559 g/mol. The first-order chi connectivity index (χ1) is 21.8. The van der Waals surface area contributed by atoms with Gasteiger partial charge in [-0.15, -0.1) is 0 Å². The van der Waals surface area contributed by atoms with Crippen molar-refractivity contribution in [3.8, 4) is 11.1 Å². The molecule has 0 aliphatic heterocycles. The normalized spacial score (nSPS) is 11.9. The van der Waals surface area contributed by atoms with Crippen LogP contribution in [0.5, 0.6) is 0 Å². The summed E-state index contributed by atoms with van der Waals surface area (Å²) >= 11 is 0. The molecule has 0 heterocycles. The molecule has 0 nitrogen and oxygen atoms in total. The highest BCUT2D eigenvalue weighted by molar-refractivity contribution is 6.11. The Morgan fingerprint density at radius 3 is 1.09 bits per heavy atom. The van der Waals surface area contributed by atoms with E-state index in [0.29, 0.717) is 0 Å². The predicted octanol–water partition coefficient (Wildman–Crippen LogP) is 12.3. The van der Waals surface area contributed by atoms with Gasteiger partial charge in [-0.25, -0.2) is 0 Å². The zero-order valence-corrected chi connectivity index (χ0v) is 24.3. The van der Waals surface area contributed by atoms with Crippen LogP contribution < -0.4 is 0 Å². The molecule has 0 saturated heterocycles. The van der Waals surface area contributed by atoms with Crippen molar-refractivity contribution >= 4 is 67.4 Å². The number of hydrogen-bond donors (Lipinski definition) is 0. The molecule has 0 spiro atoms. The van der Waals surface area contributed by atoms with Crippen molar-refractivity contribution < 1.29 is 0 Å². The van der Waals surface area contributed by atoms with Crippen molar-refractivity contribution in [2.24, 2.45) is 0 Å². The molecule has 0 aliphatic carbocycles. The fraction of sp³-hybridized carbons (Fsp3) is 0. The summed E-state index contributed by atoms with van der Waals surface area (Å²) in [5, 5.41) is 10.0. The molecule has 0 saturated carbocycles. The van der Waals surface area contributed by atoms with E-state index >= 15 is 0 Å². The number of hydrogen-bond acceptors (Lipinski definition) is 0. The molecule has 0 aliphatic rings. The van der Waals surface area contributed by atoms with E-state index in [-0.39, 0.29) is 0 Å². The molecule has 0 radical (unpaired) electrons. The minimum atomic E-state index is 1.19. The molecular weight excluding hydrogens is 528 g/mol. The van der Waals surface area contributed by atoms with Crippen LogP contribution >= 0.6 is 0 Å². The second-order valence-electron chi connectivity index (χ2n) is 11.4. The lowest BCUT2D eigenvalue weighted by molar-refractivity contribution is 1.63. The fourth-order valence-corrected chi connectivity index (χ4v) is 6.41. The Morgan fingerprint density at radius 1 is 0.273 bits per heavy atom. The van der Waals surface area contributed by atoms with Gasteiger partial charge in [-0.05, 0) is 88.6 Å². The summed E-state index contributed by atoms with van der Waals surface area (Å²) in [4.78, 5) is 0. The van der Waals surface area contributed by atoms with E-state index < -0.39 is 0 Å². The van der Waals surface area contributed by atoms with E-state index in [4.69, 9.17) is 0 Å². The largest absolute Gasteiger partial charge is 0.0616 e. The van der Waals surface area contributed by atoms with Gasteiger partial charge in [0, 0.05) is 0 Å². The van der Waals surface area contributed by atoms with E-state index in [1.54, 1.807) is 0 Å². The SMILES string of the molecule is C(=C\c1ccc2ccccc2c1-c1c(/C=C/c2ccc3ccccc3c2)ccc2ccccc12)/c1ccc2ccccc2c1. The molecule has 0 N–H and O–H groups in total. The van der Waals surface area contributed by atoms with Gasteiger partial charge in [0.15, 0.2) is 0 Å². The Morgan fingerprint density at radius 2 is 0.636 bits per heavy atom. The summed E-state index contributed by atoms with van der Waals surface area (Å²) in [7, 11) is 0. The van der Waals surface area contributed by atoms with Crippen molar-refractivity contribution in [3.05, 3.63) is 180 Å². The van der Waals surface area contributed by atoms with Gasteiger partial charge in [-0.1, -0.05) is 170 Å². The predicted molar refractivity (Wildman–Crippen MR) is 193 cm³/mol.